The van der Waals surface area contributed by atoms with E-state index in [1.807, 2.05) is 6.92 Å². The molecule has 90 valence electrons. The van der Waals surface area contributed by atoms with Crippen LogP contribution in [0.15, 0.2) is 0 Å². The average molecular weight is 234 g/mol. The molecule has 0 aromatic carbocycles. The number of carbonyl (C=O) groups is 2. The number of carbonyl (C=O) groups excluding carboxylic acids is 2. The van der Waals surface area contributed by atoms with Crippen LogP contribution < -0.4 is 0 Å². The Morgan fingerprint density at radius 2 is 1.67 bits per heavy atom. The first-order valence-corrected chi connectivity index (χ1v) is 6.82. The van der Waals surface area contributed by atoms with Gasteiger partial charge in [-0.25, -0.2) is 0 Å². The molecule has 0 rings (SSSR count). The van der Waals surface area contributed by atoms with Gasteiger partial charge in [-0.2, -0.15) is 0 Å². The Hall–Kier alpha value is -0.430. The van der Waals surface area contributed by atoms with Crippen molar-refractivity contribution in [2.24, 2.45) is 0 Å². The second-order valence-corrected chi connectivity index (χ2v) is 4.91. The first-order valence-electron chi connectivity index (χ1n) is 5.41. The van der Waals surface area contributed by atoms with Crippen molar-refractivity contribution in [3.05, 3.63) is 0 Å². The summed E-state index contributed by atoms with van der Waals surface area (Å²) in [4.78, 5) is 21.2. The molecule has 0 fully saturated rings. The number of ketones is 1. The Bertz CT molecular complexity index is 167. The molecular weight excluding hydrogens is 211 g/mol. The third-order valence-electron chi connectivity index (χ3n) is 1.60. The molecule has 0 bridgehead atoms. The lowest BCUT2D eigenvalue weighted by Crippen LogP contribution is -2.08. The van der Waals surface area contributed by atoms with E-state index in [0.29, 0.717) is 6.42 Å². The quantitative estimate of drug-likeness (QED) is 0.403. The predicted molar refractivity (Wildman–Crippen MR) is 65.9 cm³/mol. The zero-order valence-electron chi connectivity index (χ0n) is 10.3. The fourth-order valence-electron chi connectivity index (χ4n) is 0.850. The van der Waals surface area contributed by atoms with Crippen molar-refractivity contribution < 1.29 is 14.3 Å². The molecule has 0 aliphatic rings. The Morgan fingerprint density at radius 1 is 1.13 bits per heavy atom. The van der Waals surface area contributed by atoms with Gasteiger partial charge in [-0.05, 0) is 18.7 Å². The predicted octanol–water partition coefficient (Wildman–Crippen LogP) is 2.62. The van der Waals surface area contributed by atoms with Gasteiger partial charge in [-0.15, -0.1) is 8.58 Å². The summed E-state index contributed by atoms with van der Waals surface area (Å²) in [5, 5.41) is 0. The van der Waals surface area contributed by atoms with Crippen LogP contribution >= 0.6 is 8.58 Å². The molecule has 0 heterocycles. The molecule has 0 radical (unpaired) electrons. The molecule has 0 aliphatic heterocycles. The van der Waals surface area contributed by atoms with Crippen molar-refractivity contribution in [1.82, 2.24) is 0 Å². The van der Waals surface area contributed by atoms with Crippen LogP contribution in [0.3, 0.4) is 0 Å². The Labute approximate surface area is 94.7 Å². The molecule has 4 heteroatoms. The number of ether oxygens (including phenoxy) is 1. The number of Topliss-reactive ketones (excluding diaryl/α,β-unsaturated/α-hetero) is 1. The highest BCUT2D eigenvalue weighted by atomic mass is 31.1. The van der Waals surface area contributed by atoms with Crippen LogP contribution in [0.1, 0.15) is 40.0 Å². The molecule has 0 N–H and O–H groups in total. The maximum Gasteiger partial charge on any atom is 0.313 e. The van der Waals surface area contributed by atoms with Crippen molar-refractivity contribution >= 4 is 20.3 Å². The van der Waals surface area contributed by atoms with E-state index in [1.54, 1.807) is 0 Å². The van der Waals surface area contributed by atoms with Gasteiger partial charge in [0.05, 0.1) is 7.11 Å². The van der Waals surface area contributed by atoms with Crippen LogP contribution in [0.5, 0.6) is 0 Å². The second kappa shape index (κ2) is 13.6. The number of esters is 1. The number of rotatable bonds is 6. The minimum Gasteiger partial charge on any atom is -0.469 e. The number of methoxy groups -OCH3 is 1. The Balaban J connectivity index is 0. The maximum atomic E-state index is 10.7. The highest BCUT2D eigenvalue weighted by molar-refractivity contribution is 7.37. The molecule has 0 aliphatic carbocycles. The van der Waals surface area contributed by atoms with Crippen molar-refractivity contribution in [1.29, 1.82) is 0 Å². The summed E-state index contributed by atoms with van der Waals surface area (Å²) in [5.41, 5.74) is 0. The molecule has 15 heavy (non-hydrogen) atoms. The topological polar surface area (TPSA) is 43.4 Å². The lowest BCUT2D eigenvalue weighted by molar-refractivity contribution is -0.143. The zero-order valence-corrected chi connectivity index (χ0v) is 11.3. The van der Waals surface area contributed by atoms with Gasteiger partial charge >= 0.3 is 5.97 Å². The minimum absolute atomic E-state index is 0.0469. The molecular formula is C11H23O3P. The first-order chi connectivity index (χ1) is 7.12. The number of hydrogen-bond donors (Lipinski definition) is 0. The van der Waals surface area contributed by atoms with E-state index in [4.69, 9.17) is 0 Å². The summed E-state index contributed by atoms with van der Waals surface area (Å²) in [6.45, 7) is 6.35. The normalized spacial score (nSPS) is 8.80. The van der Waals surface area contributed by atoms with Gasteiger partial charge in [0.1, 0.15) is 12.2 Å². The van der Waals surface area contributed by atoms with E-state index in [9.17, 15) is 9.59 Å². The average Bonchev–Trinajstić information content (AvgIpc) is 2.20. The minimum atomic E-state index is -0.446. The van der Waals surface area contributed by atoms with Gasteiger partial charge in [-0.1, -0.05) is 20.8 Å². The molecule has 0 aromatic rings. The van der Waals surface area contributed by atoms with Gasteiger partial charge in [-0.3, -0.25) is 9.59 Å². The molecule has 0 aromatic heterocycles. The van der Waals surface area contributed by atoms with Crippen LogP contribution in [0.2, 0.25) is 0 Å². The summed E-state index contributed by atoms with van der Waals surface area (Å²) in [7, 11) is 2.48. The van der Waals surface area contributed by atoms with Crippen molar-refractivity contribution in [3.8, 4) is 0 Å². The summed E-state index contributed by atoms with van der Waals surface area (Å²) in [6.07, 6.45) is 3.92. The summed E-state index contributed by atoms with van der Waals surface area (Å²) < 4.78 is 4.31. The van der Waals surface area contributed by atoms with Gasteiger partial charge in [0, 0.05) is 6.42 Å². The maximum absolute atomic E-state index is 10.7. The smallest absolute Gasteiger partial charge is 0.313 e. The van der Waals surface area contributed by atoms with Crippen LogP contribution in [0.25, 0.3) is 0 Å². The molecule has 3 nitrogen and oxygen atoms in total. The van der Waals surface area contributed by atoms with E-state index in [-0.39, 0.29) is 12.2 Å². The van der Waals surface area contributed by atoms with Crippen LogP contribution in [-0.2, 0) is 14.3 Å². The lowest BCUT2D eigenvalue weighted by atomic mass is 10.2. The fraction of sp³-hybridized carbons (Fsp3) is 0.818. The second-order valence-electron chi connectivity index (χ2n) is 3.00. The third kappa shape index (κ3) is 16.3. The highest BCUT2D eigenvalue weighted by Gasteiger charge is 2.06. The first kappa shape index (κ1) is 17.0. The fourth-order valence-corrected chi connectivity index (χ4v) is 1.35. The molecule has 0 saturated carbocycles. The van der Waals surface area contributed by atoms with Crippen molar-refractivity contribution in [3.63, 3.8) is 0 Å². The molecule has 0 spiro atoms. The summed E-state index contributed by atoms with van der Waals surface area (Å²) >= 11 is 0. The van der Waals surface area contributed by atoms with Gasteiger partial charge in [0.25, 0.3) is 0 Å². The van der Waals surface area contributed by atoms with E-state index in [2.05, 4.69) is 18.6 Å². The van der Waals surface area contributed by atoms with Gasteiger partial charge in [0.2, 0.25) is 0 Å². The van der Waals surface area contributed by atoms with E-state index in [0.717, 1.165) is 6.42 Å². The van der Waals surface area contributed by atoms with E-state index in [1.165, 1.54) is 28.0 Å². The third-order valence-corrected chi connectivity index (χ3v) is 2.60. The van der Waals surface area contributed by atoms with Gasteiger partial charge < -0.3 is 4.74 Å². The molecule has 0 atom stereocenters. The standard InChI is InChI=1S/C7H12O3.C4H11P/c1-3-4-6(8)5-7(9)10-2;1-3-5-4-2/h3-5H2,1-2H3;5H,3-4H2,1-2H3. The SMILES string of the molecule is CCCC(=O)CC(=O)OC.CCPCC. The van der Waals surface area contributed by atoms with Crippen molar-refractivity contribution in [2.75, 3.05) is 19.4 Å². The highest BCUT2D eigenvalue weighted by Crippen LogP contribution is 2.03. The largest absolute Gasteiger partial charge is 0.469 e. The Kier molecular flexibility index (Phi) is 15.4. The molecule has 0 unspecified atom stereocenters. The summed E-state index contributed by atoms with van der Waals surface area (Å²) in [6, 6.07) is 0. The van der Waals surface area contributed by atoms with Crippen molar-refractivity contribution in [2.45, 2.75) is 40.0 Å². The Morgan fingerprint density at radius 3 is 1.93 bits per heavy atom. The summed E-state index contributed by atoms with van der Waals surface area (Å²) in [5.74, 6) is -0.493. The van der Waals surface area contributed by atoms with E-state index >= 15 is 0 Å². The zero-order chi connectivity index (χ0) is 12.1. The molecule has 0 amide bonds. The van der Waals surface area contributed by atoms with Gasteiger partial charge in [0.15, 0.2) is 0 Å². The van der Waals surface area contributed by atoms with Crippen LogP contribution in [-0.4, -0.2) is 31.2 Å². The van der Waals surface area contributed by atoms with Crippen LogP contribution in [0, 0.1) is 0 Å². The van der Waals surface area contributed by atoms with Crippen LogP contribution in [0.4, 0.5) is 0 Å². The van der Waals surface area contributed by atoms with E-state index < -0.39 is 5.97 Å². The molecule has 0 saturated heterocycles. The lowest BCUT2D eigenvalue weighted by Gasteiger charge is -1.95. The monoisotopic (exact) mass is 234 g/mol. The number of hydrogen-bond acceptors (Lipinski definition) is 3.